The Kier molecular flexibility index (Phi) is 9.32. The number of halogens is 4. The summed E-state index contributed by atoms with van der Waals surface area (Å²) in [6.45, 7) is -3.35. The number of nitrogens with one attached hydrogen (secondary N) is 2. The zero-order chi connectivity index (χ0) is 31.6. The summed E-state index contributed by atoms with van der Waals surface area (Å²) in [6, 6.07) is 8.33. The molecule has 0 radical (unpaired) electrons. The number of hydrogen-bond donors (Lipinski definition) is 1. The Balaban J connectivity index is 1.44. The fourth-order valence-corrected chi connectivity index (χ4v) is 5.51. The van der Waals surface area contributed by atoms with Crippen molar-refractivity contribution in [2.75, 3.05) is 17.6 Å². The smallest absolute Gasteiger partial charge is 0.420 e. The Bertz CT molecular complexity index is 1840. The second-order valence-electron chi connectivity index (χ2n) is 10.2. The van der Waals surface area contributed by atoms with E-state index in [0.717, 1.165) is 23.7 Å². The molecule has 0 unspecified atom stereocenters. The summed E-state index contributed by atoms with van der Waals surface area (Å²) in [6.07, 6.45) is 4.82. The van der Waals surface area contributed by atoms with Gasteiger partial charge in [-0.3, -0.25) is 14.1 Å². The molecule has 1 aliphatic carbocycles. The molecule has 0 aliphatic heterocycles. The number of rotatable bonds is 13. The fraction of sp³-hybridized carbons (Fsp3) is 0.321. The third-order valence-electron chi connectivity index (χ3n) is 6.65. The van der Waals surface area contributed by atoms with Gasteiger partial charge in [0.1, 0.15) is 22.7 Å². The van der Waals surface area contributed by atoms with Crippen molar-refractivity contribution in [3.63, 3.8) is 0 Å². The predicted molar refractivity (Wildman–Crippen MR) is 156 cm³/mol. The molecule has 0 spiro atoms. The Morgan fingerprint density at radius 1 is 1.14 bits per heavy atom. The van der Waals surface area contributed by atoms with Gasteiger partial charge in [0.05, 0.1) is 24.1 Å². The molecule has 2 N–H and O–H groups in total. The van der Waals surface area contributed by atoms with Crippen molar-refractivity contribution < 1.29 is 45.6 Å². The molecule has 4 aromatic rings. The minimum Gasteiger partial charge on any atom is -0.489 e. The molecule has 1 aliphatic rings. The van der Waals surface area contributed by atoms with Gasteiger partial charge in [0, 0.05) is 18.1 Å². The van der Waals surface area contributed by atoms with Crippen LogP contribution in [0.3, 0.4) is 0 Å². The first kappa shape index (κ1) is 31.5. The molecule has 1 saturated carbocycles. The fourth-order valence-electron chi connectivity index (χ4n) is 4.43. The van der Waals surface area contributed by atoms with Gasteiger partial charge < -0.3 is 18.6 Å². The molecule has 0 amide bonds. The highest BCUT2D eigenvalue weighted by molar-refractivity contribution is 7.92. The van der Waals surface area contributed by atoms with Crippen molar-refractivity contribution in [3.8, 4) is 11.5 Å². The molecule has 234 valence electrons. The number of carbonyl (C=O) groups is 1. The van der Waals surface area contributed by atoms with Crippen LogP contribution in [0, 0.1) is 5.92 Å². The van der Waals surface area contributed by atoms with E-state index in [1.54, 1.807) is 0 Å². The van der Waals surface area contributed by atoms with E-state index in [1.165, 1.54) is 48.8 Å². The topological polar surface area (TPSA) is 140 Å². The Morgan fingerprint density at radius 2 is 1.86 bits per heavy atom. The van der Waals surface area contributed by atoms with Crippen LogP contribution in [0.1, 0.15) is 30.1 Å². The van der Waals surface area contributed by atoms with Crippen LogP contribution in [0.4, 0.5) is 14.5 Å². The second-order valence-corrected chi connectivity index (χ2v) is 12.7. The van der Waals surface area contributed by atoms with Gasteiger partial charge in [-0.2, -0.15) is 8.78 Å². The van der Waals surface area contributed by atoms with E-state index < -0.39 is 41.0 Å². The summed E-state index contributed by atoms with van der Waals surface area (Å²) in [5.74, 6) is -1.54. The number of aromatic amines is 1. The highest BCUT2D eigenvalue weighted by atomic mass is 35.5. The monoisotopic (exact) mass is 672 g/mol. The molecule has 11 nitrogen and oxygen atoms in total. The van der Waals surface area contributed by atoms with Gasteiger partial charge in [0.2, 0.25) is 10.0 Å². The van der Waals surface area contributed by atoms with E-state index in [9.17, 15) is 26.8 Å². The van der Waals surface area contributed by atoms with Crippen LogP contribution < -0.4 is 24.9 Å². The maximum atomic E-state index is 13.3. The minimum absolute atomic E-state index is 0.0171. The SMILES string of the molecule is CS(=O)(=O)Nc1ccc2c(c1)oc(=O)n2CC(=O)O[C@@H](Cc1c(Cl)c[nH+]cc1Cl)c1ccc(OC(F)F)c(OCC2CC2)c1. The molecule has 1 atom stereocenters. The molecule has 1 fully saturated rings. The number of oxazole rings is 1. The van der Waals surface area contributed by atoms with E-state index in [-0.39, 0.29) is 44.8 Å². The van der Waals surface area contributed by atoms with Crippen molar-refractivity contribution in [2.45, 2.75) is 38.5 Å². The quantitative estimate of drug-likeness (QED) is 0.196. The van der Waals surface area contributed by atoms with E-state index in [4.69, 9.17) is 37.1 Å². The minimum atomic E-state index is -3.58. The highest BCUT2D eigenvalue weighted by Crippen LogP contribution is 2.38. The third kappa shape index (κ3) is 7.98. The number of carbonyl (C=O) groups excluding carboxylic acids is 1. The number of anilines is 1. The van der Waals surface area contributed by atoms with E-state index in [0.29, 0.717) is 23.7 Å². The summed E-state index contributed by atoms with van der Waals surface area (Å²) in [7, 11) is -3.58. The Labute approximate surface area is 259 Å². The zero-order valence-electron chi connectivity index (χ0n) is 23.0. The summed E-state index contributed by atoms with van der Waals surface area (Å²) in [5, 5.41) is 0.522. The van der Waals surface area contributed by atoms with Crippen molar-refractivity contribution in [2.24, 2.45) is 5.92 Å². The van der Waals surface area contributed by atoms with Gasteiger partial charge in [-0.1, -0.05) is 29.3 Å². The number of aromatic nitrogens is 2. The molecule has 16 heteroatoms. The number of nitrogens with zero attached hydrogens (tertiary/aromatic N) is 1. The summed E-state index contributed by atoms with van der Waals surface area (Å²) < 4.78 is 74.1. The molecular formula is C28H26Cl2F2N3O8S+. The molecule has 5 rings (SSSR count). The van der Waals surface area contributed by atoms with Gasteiger partial charge in [0.15, 0.2) is 29.5 Å². The molecule has 0 bridgehead atoms. The Morgan fingerprint density at radius 3 is 2.52 bits per heavy atom. The molecule has 0 saturated heterocycles. The lowest BCUT2D eigenvalue weighted by atomic mass is 10.0. The molecular weight excluding hydrogens is 647 g/mol. The lowest BCUT2D eigenvalue weighted by Crippen LogP contribution is -2.24. The van der Waals surface area contributed by atoms with Crippen LogP contribution in [-0.2, 0) is 32.5 Å². The lowest BCUT2D eigenvalue weighted by Gasteiger charge is -2.21. The second kappa shape index (κ2) is 13.0. The van der Waals surface area contributed by atoms with Crippen LogP contribution in [-0.4, -0.2) is 38.4 Å². The number of pyridine rings is 1. The van der Waals surface area contributed by atoms with E-state index in [2.05, 4.69) is 14.4 Å². The summed E-state index contributed by atoms with van der Waals surface area (Å²) >= 11 is 12.7. The first-order chi connectivity index (χ1) is 20.9. The van der Waals surface area contributed by atoms with Gasteiger partial charge in [-0.15, -0.1) is 0 Å². The number of sulfonamides is 1. The number of fused-ring (bicyclic) bond motifs is 1. The maximum absolute atomic E-state index is 13.3. The molecule has 2 heterocycles. The maximum Gasteiger partial charge on any atom is 0.420 e. The summed E-state index contributed by atoms with van der Waals surface area (Å²) in [5.41, 5.74) is 1.23. The average molecular weight is 673 g/mol. The Hall–Kier alpha value is -3.88. The number of esters is 1. The first-order valence-electron chi connectivity index (χ1n) is 13.2. The van der Waals surface area contributed by atoms with Crippen molar-refractivity contribution in [1.82, 2.24) is 4.57 Å². The predicted octanol–water partition coefficient (Wildman–Crippen LogP) is 5.00. The standard InChI is InChI=1S/C28H25Cl2F2N3O8S/c1-44(38,39)34-17-5-6-21-24(9-17)43-28(37)35(21)13-26(36)41-23(10-18-19(29)11-33-12-20(18)30)16-4-7-22(42-27(31)32)25(8-16)40-14-15-2-3-15/h4-9,11-12,15,23,27,34H,2-3,10,13-14H2,1H3/p+1/t23-/m0/s1. The van der Waals surface area contributed by atoms with Crippen LogP contribution in [0.2, 0.25) is 10.0 Å². The molecule has 44 heavy (non-hydrogen) atoms. The van der Waals surface area contributed by atoms with Crippen LogP contribution in [0.15, 0.2) is 58.0 Å². The van der Waals surface area contributed by atoms with E-state index in [1.807, 2.05) is 0 Å². The molecule has 2 aromatic heterocycles. The van der Waals surface area contributed by atoms with Crippen LogP contribution >= 0.6 is 23.2 Å². The largest absolute Gasteiger partial charge is 0.489 e. The van der Waals surface area contributed by atoms with Crippen molar-refractivity contribution in [1.29, 1.82) is 0 Å². The van der Waals surface area contributed by atoms with E-state index >= 15 is 0 Å². The third-order valence-corrected chi connectivity index (χ3v) is 7.93. The average Bonchev–Trinajstić information content (AvgIpc) is 3.71. The first-order valence-corrected chi connectivity index (χ1v) is 15.9. The molecule has 2 aromatic carbocycles. The van der Waals surface area contributed by atoms with Gasteiger partial charge in [0.25, 0.3) is 0 Å². The van der Waals surface area contributed by atoms with Gasteiger partial charge in [-0.25, -0.2) is 18.2 Å². The number of H-pyrrole nitrogens is 1. The van der Waals surface area contributed by atoms with Gasteiger partial charge in [-0.05, 0) is 48.6 Å². The number of ether oxygens (including phenoxy) is 3. The summed E-state index contributed by atoms with van der Waals surface area (Å²) in [4.78, 5) is 28.7. The zero-order valence-corrected chi connectivity index (χ0v) is 25.3. The van der Waals surface area contributed by atoms with Crippen molar-refractivity contribution in [3.05, 3.63) is 80.5 Å². The highest BCUT2D eigenvalue weighted by Gasteiger charge is 2.27. The van der Waals surface area contributed by atoms with Crippen molar-refractivity contribution >= 4 is 56.0 Å². The number of hydrogen-bond acceptors (Lipinski definition) is 8. The number of alkyl halides is 2. The van der Waals surface area contributed by atoms with Gasteiger partial charge >= 0.3 is 18.3 Å². The van der Waals surface area contributed by atoms with Crippen LogP contribution in [0.5, 0.6) is 11.5 Å². The number of benzene rings is 2. The van der Waals surface area contributed by atoms with Crippen LogP contribution in [0.25, 0.3) is 11.1 Å². The normalized spacial score (nSPS) is 14.0. The lowest BCUT2D eigenvalue weighted by molar-refractivity contribution is -0.377.